The van der Waals surface area contributed by atoms with Crippen molar-refractivity contribution in [3.05, 3.63) is 18.7 Å². The van der Waals surface area contributed by atoms with Crippen molar-refractivity contribution >= 4 is 16.8 Å². The number of imidazole rings is 1. The maximum atomic E-state index is 11.6. The second kappa shape index (κ2) is 6.42. The first-order valence-corrected chi connectivity index (χ1v) is 6.52. The smallest absolute Gasteiger partial charge is 0.304 e. The van der Waals surface area contributed by atoms with Crippen LogP contribution in [0.1, 0.15) is 19.8 Å². The zero-order valence-corrected chi connectivity index (χ0v) is 10.0. The Hall–Kier alpha value is -1.17. The molecule has 0 spiro atoms. The van der Waals surface area contributed by atoms with Gasteiger partial charge in [0.05, 0.1) is 12.7 Å². The Kier molecular flexibility index (Phi) is 5.18. The lowest BCUT2D eigenvalue weighted by atomic mass is 10.3. The van der Waals surface area contributed by atoms with Gasteiger partial charge in [-0.1, -0.05) is 6.92 Å². The Bertz CT molecular complexity index is 351. The lowest BCUT2D eigenvalue weighted by molar-refractivity contribution is -0.136. The largest absolute Gasteiger partial charge is 0.481 e. The molecule has 1 aromatic rings. The van der Waals surface area contributed by atoms with Gasteiger partial charge in [0.25, 0.3) is 0 Å². The van der Waals surface area contributed by atoms with E-state index in [4.69, 9.17) is 5.11 Å². The fraction of sp³-hybridized carbons (Fsp3) is 0.600. The number of rotatable bonds is 7. The van der Waals surface area contributed by atoms with Crippen LogP contribution in [0.15, 0.2) is 18.7 Å². The van der Waals surface area contributed by atoms with E-state index in [0.717, 1.165) is 13.0 Å². The van der Waals surface area contributed by atoms with Crippen molar-refractivity contribution < 1.29 is 14.1 Å². The number of carboxylic acids is 1. The van der Waals surface area contributed by atoms with Crippen LogP contribution in [0.25, 0.3) is 0 Å². The fourth-order valence-corrected chi connectivity index (χ4v) is 2.49. The van der Waals surface area contributed by atoms with Crippen LogP contribution in [-0.4, -0.2) is 35.8 Å². The molecule has 2 unspecified atom stereocenters. The van der Waals surface area contributed by atoms with Gasteiger partial charge < -0.3 is 9.67 Å². The van der Waals surface area contributed by atoms with Crippen molar-refractivity contribution in [3.8, 4) is 0 Å². The predicted octanol–water partition coefficient (Wildman–Crippen LogP) is 0.885. The van der Waals surface area contributed by atoms with Gasteiger partial charge in [0.1, 0.15) is 0 Å². The fourth-order valence-electron chi connectivity index (χ4n) is 1.35. The van der Waals surface area contributed by atoms with Gasteiger partial charge in [-0.2, -0.15) is 0 Å². The maximum Gasteiger partial charge on any atom is 0.304 e. The van der Waals surface area contributed by atoms with Crippen molar-refractivity contribution in [3.63, 3.8) is 0 Å². The number of carboxylic acid groups (broad SMARTS) is 1. The lowest BCUT2D eigenvalue weighted by Gasteiger charge is -2.08. The predicted molar refractivity (Wildman–Crippen MR) is 61.6 cm³/mol. The molecule has 0 aliphatic heterocycles. The van der Waals surface area contributed by atoms with Crippen molar-refractivity contribution in [2.75, 3.05) is 5.75 Å². The first kappa shape index (κ1) is 12.9. The molecule has 1 aromatic heterocycles. The monoisotopic (exact) mass is 244 g/mol. The number of aliphatic carboxylic acids is 1. The van der Waals surface area contributed by atoms with Gasteiger partial charge >= 0.3 is 5.97 Å². The quantitative estimate of drug-likeness (QED) is 0.773. The zero-order chi connectivity index (χ0) is 12.0. The number of hydrogen-bond acceptors (Lipinski definition) is 3. The van der Waals surface area contributed by atoms with E-state index in [1.165, 1.54) is 0 Å². The Morgan fingerprint density at radius 3 is 2.94 bits per heavy atom. The number of nitrogens with zero attached hydrogens (tertiary/aromatic N) is 2. The molecular weight excluding hydrogens is 228 g/mol. The molecule has 0 radical (unpaired) electrons. The number of hydrogen-bond donors (Lipinski definition) is 1. The van der Waals surface area contributed by atoms with Crippen LogP contribution in [-0.2, 0) is 22.1 Å². The van der Waals surface area contributed by atoms with E-state index in [2.05, 4.69) is 4.98 Å². The summed E-state index contributed by atoms with van der Waals surface area (Å²) in [5, 5.41) is 8.28. The van der Waals surface area contributed by atoms with Gasteiger partial charge in [-0.3, -0.25) is 9.00 Å². The van der Waals surface area contributed by atoms with Gasteiger partial charge in [0.15, 0.2) is 0 Å². The average molecular weight is 244 g/mol. The molecule has 5 nitrogen and oxygen atoms in total. The van der Waals surface area contributed by atoms with Crippen LogP contribution in [0.2, 0.25) is 0 Å². The summed E-state index contributed by atoms with van der Waals surface area (Å²) >= 11 is 0. The SMILES string of the molecule is CC(CC(=O)O)S(=O)CCCn1ccnc1. The molecule has 0 amide bonds. The molecule has 6 heteroatoms. The number of aromatic nitrogens is 2. The van der Waals surface area contributed by atoms with E-state index in [9.17, 15) is 9.00 Å². The second-order valence-corrected chi connectivity index (χ2v) is 5.62. The van der Waals surface area contributed by atoms with E-state index in [-0.39, 0.29) is 11.7 Å². The van der Waals surface area contributed by atoms with Crippen LogP contribution in [0, 0.1) is 0 Å². The zero-order valence-electron chi connectivity index (χ0n) is 9.20. The van der Waals surface area contributed by atoms with Crippen LogP contribution in [0.3, 0.4) is 0 Å². The third kappa shape index (κ3) is 4.57. The minimum atomic E-state index is -1.06. The Labute approximate surface area is 97.0 Å². The van der Waals surface area contributed by atoms with Crippen molar-refractivity contribution in [2.45, 2.75) is 31.6 Å². The first-order chi connectivity index (χ1) is 7.59. The van der Waals surface area contributed by atoms with Crippen LogP contribution < -0.4 is 0 Å². The highest BCUT2D eigenvalue weighted by molar-refractivity contribution is 7.85. The van der Waals surface area contributed by atoms with Gasteiger partial charge in [-0.05, 0) is 6.42 Å². The normalized spacial score (nSPS) is 14.6. The molecule has 90 valence electrons. The van der Waals surface area contributed by atoms with Gasteiger partial charge in [-0.25, -0.2) is 4.98 Å². The Morgan fingerprint density at radius 2 is 2.38 bits per heavy atom. The molecule has 2 atom stereocenters. The molecular formula is C10H16N2O3S. The highest BCUT2D eigenvalue weighted by Gasteiger charge is 2.14. The van der Waals surface area contributed by atoms with Crippen LogP contribution in [0.5, 0.6) is 0 Å². The van der Waals surface area contributed by atoms with Gasteiger partial charge in [-0.15, -0.1) is 0 Å². The Balaban J connectivity index is 2.22. The van der Waals surface area contributed by atoms with E-state index in [0.29, 0.717) is 5.75 Å². The number of aryl methyl sites for hydroxylation is 1. The maximum absolute atomic E-state index is 11.6. The molecule has 0 bridgehead atoms. The Morgan fingerprint density at radius 1 is 1.62 bits per heavy atom. The molecule has 0 aliphatic rings. The minimum Gasteiger partial charge on any atom is -0.481 e. The van der Waals surface area contributed by atoms with E-state index in [1.807, 2.05) is 10.8 Å². The highest BCUT2D eigenvalue weighted by Crippen LogP contribution is 2.04. The third-order valence-electron chi connectivity index (χ3n) is 2.23. The molecule has 0 aliphatic carbocycles. The molecule has 0 saturated carbocycles. The van der Waals surface area contributed by atoms with Crippen molar-refractivity contribution in [1.82, 2.24) is 9.55 Å². The summed E-state index contributed by atoms with van der Waals surface area (Å²) in [6.45, 7) is 2.48. The van der Waals surface area contributed by atoms with E-state index < -0.39 is 16.8 Å². The summed E-state index contributed by atoms with van der Waals surface area (Å²) in [5.41, 5.74) is 0. The van der Waals surface area contributed by atoms with Gasteiger partial charge in [0.2, 0.25) is 0 Å². The number of carbonyl (C=O) groups is 1. The third-order valence-corrected chi connectivity index (χ3v) is 3.99. The molecule has 1 heterocycles. The van der Waals surface area contributed by atoms with Crippen molar-refractivity contribution in [1.29, 1.82) is 0 Å². The topological polar surface area (TPSA) is 72.2 Å². The molecule has 1 N–H and O–H groups in total. The van der Waals surface area contributed by atoms with Crippen LogP contribution >= 0.6 is 0 Å². The molecule has 16 heavy (non-hydrogen) atoms. The summed E-state index contributed by atoms with van der Waals surface area (Å²) in [4.78, 5) is 14.3. The average Bonchev–Trinajstić information content (AvgIpc) is 2.69. The minimum absolute atomic E-state index is 0.0301. The van der Waals surface area contributed by atoms with E-state index in [1.54, 1.807) is 19.4 Å². The van der Waals surface area contributed by atoms with Gasteiger partial charge in [0, 0.05) is 40.7 Å². The summed E-state index contributed by atoms with van der Waals surface area (Å²) in [6, 6.07) is 0. The summed E-state index contributed by atoms with van der Waals surface area (Å²) in [6.07, 6.45) is 6.00. The summed E-state index contributed by atoms with van der Waals surface area (Å²) in [7, 11) is -1.06. The van der Waals surface area contributed by atoms with Crippen molar-refractivity contribution in [2.24, 2.45) is 0 Å². The standard InChI is InChI=1S/C10H16N2O3S/c1-9(7-10(13)14)16(15)6-2-4-12-5-3-11-8-12/h3,5,8-9H,2,4,6-7H2,1H3,(H,13,14). The van der Waals surface area contributed by atoms with E-state index >= 15 is 0 Å². The summed E-state index contributed by atoms with van der Waals surface area (Å²) in [5.74, 6) is -0.359. The molecule has 1 rings (SSSR count). The lowest BCUT2D eigenvalue weighted by Crippen LogP contribution is -2.18. The molecule has 0 saturated heterocycles. The summed E-state index contributed by atoms with van der Waals surface area (Å²) < 4.78 is 13.5. The molecule has 0 aromatic carbocycles. The second-order valence-electron chi connectivity index (χ2n) is 3.65. The van der Waals surface area contributed by atoms with Crippen LogP contribution in [0.4, 0.5) is 0 Å². The highest BCUT2D eigenvalue weighted by atomic mass is 32.2. The first-order valence-electron chi connectivity index (χ1n) is 5.14. The molecule has 0 fully saturated rings.